The first kappa shape index (κ1) is 14.0. The molecule has 1 atom stereocenters. The monoisotopic (exact) mass is 329 g/mol. The van der Waals surface area contributed by atoms with Crippen LogP contribution in [0.4, 0.5) is 4.39 Å². The summed E-state index contributed by atoms with van der Waals surface area (Å²) in [4.78, 5) is 24.6. The third-order valence-electron chi connectivity index (χ3n) is 3.22. The second-order valence-corrected chi connectivity index (χ2v) is 5.47. The van der Waals surface area contributed by atoms with Crippen LogP contribution in [-0.4, -0.2) is 35.0 Å². The lowest BCUT2D eigenvalue weighted by Gasteiger charge is -2.30. The van der Waals surface area contributed by atoms with Gasteiger partial charge in [0.2, 0.25) is 0 Å². The quantitative estimate of drug-likeness (QED) is 0.907. The number of carbonyl (C=O) groups is 2. The van der Waals surface area contributed by atoms with E-state index in [1.165, 1.54) is 23.1 Å². The summed E-state index contributed by atoms with van der Waals surface area (Å²) in [6.45, 7) is 0.606. The molecule has 1 N–H and O–H groups in total. The van der Waals surface area contributed by atoms with E-state index >= 15 is 0 Å². The van der Waals surface area contributed by atoms with Gasteiger partial charge in [0.05, 0.1) is 11.5 Å². The first-order valence-electron chi connectivity index (χ1n) is 5.96. The molecule has 1 fully saturated rings. The van der Waals surface area contributed by atoms with Gasteiger partial charge in [-0.25, -0.2) is 4.39 Å². The van der Waals surface area contributed by atoms with Gasteiger partial charge in [-0.2, -0.15) is 0 Å². The molecule has 1 aromatic carbocycles. The summed E-state index contributed by atoms with van der Waals surface area (Å²) in [5, 5.41) is 8.99. The van der Waals surface area contributed by atoms with E-state index in [1.54, 1.807) is 0 Å². The number of halogens is 2. The van der Waals surface area contributed by atoms with Crippen LogP contribution in [0.1, 0.15) is 23.2 Å². The summed E-state index contributed by atoms with van der Waals surface area (Å²) in [7, 11) is 0. The molecule has 0 bridgehead atoms. The second kappa shape index (κ2) is 5.69. The number of carboxylic acid groups (broad SMARTS) is 1. The molecule has 102 valence electrons. The fourth-order valence-corrected chi connectivity index (χ4v) is 2.56. The highest BCUT2D eigenvalue weighted by Gasteiger charge is 2.29. The number of hydrogen-bond acceptors (Lipinski definition) is 2. The molecule has 0 unspecified atom stereocenters. The van der Waals surface area contributed by atoms with Crippen molar-refractivity contribution in [3.63, 3.8) is 0 Å². The Labute approximate surface area is 118 Å². The molecule has 0 spiro atoms. The molecular formula is C13H13BrFNO3. The Morgan fingerprint density at radius 1 is 1.42 bits per heavy atom. The molecule has 1 aromatic rings. The van der Waals surface area contributed by atoms with Crippen LogP contribution >= 0.6 is 15.9 Å². The molecule has 6 heteroatoms. The topological polar surface area (TPSA) is 57.6 Å². The van der Waals surface area contributed by atoms with Crippen molar-refractivity contribution in [3.8, 4) is 0 Å². The van der Waals surface area contributed by atoms with Crippen molar-refractivity contribution >= 4 is 27.8 Å². The Kier molecular flexibility index (Phi) is 4.19. The average Bonchev–Trinajstić information content (AvgIpc) is 2.41. The zero-order chi connectivity index (χ0) is 14.0. The van der Waals surface area contributed by atoms with Crippen LogP contribution in [-0.2, 0) is 4.79 Å². The van der Waals surface area contributed by atoms with E-state index in [4.69, 9.17) is 5.11 Å². The molecule has 0 aromatic heterocycles. The molecular weight excluding hydrogens is 317 g/mol. The predicted molar refractivity (Wildman–Crippen MR) is 70.4 cm³/mol. The molecule has 1 aliphatic heterocycles. The average molecular weight is 330 g/mol. The van der Waals surface area contributed by atoms with Crippen LogP contribution in [0.2, 0.25) is 0 Å². The van der Waals surface area contributed by atoms with E-state index < -0.39 is 23.6 Å². The van der Waals surface area contributed by atoms with Gasteiger partial charge in [0, 0.05) is 17.6 Å². The second-order valence-electron chi connectivity index (χ2n) is 4.55. The number of rotatable bonds is 2. The molecule has 2 rings (SSSR count). The summed E-state index contributed by atoms with van der Waals surface area (Å²) in [6.07, 6.45) is 1.18. The third kappa shape index (κ3) is 3.12. The fraction of sp³-hybridized carbons (Fsp3) is 0.385. The van der Waals surface area contributed by atoms with Crippen LogP contribution in [0.3, 0.4) is 0 Å². The van der Waals surface area contributed by atoms with E-state index in [2.05, 4.69) is 15.9 Å². The molecule has 1 saturated heterocycles. The maximum Gasteiger partial charge on any atom is 0.308 e. The van der Waals surface area contributed by atoms with Crippen LogP contribution in [0, 0.1) is 11.7 Å². The van der Waals surface area contributed by atoms with Gasteiger partial charge in [-0.05, 0) is 31.0 Å². The highest BCUT2D eigenvalue weighted by Crippen LogP contribution is 2.22. The van der Waals surface area contributed by atoms with Crippen molar-refractivity contribution < 1.29 is 19.1 Å². The van der Waals surface area contributed by atoms with Gasteiger partial charge in [-0.3, -0.25) is 9.59 Å². The molecule has 0 radical (unpaired) electrons. The van der Waals surface area contributed by atoms with Crippen LogP contribution in [0.5, 0.6) is 0 Å². The van der Waals surface area contributed by atoms with Crippen molar-refractivity contribution in [2.24, 2.45) is 5.92 Å². The number of amides is 1. The normalized spacial score (nSPS) is 19.3. The SMILES string of the molecule is O=C(O)[C@H]1CCCN(C(=O)c2cc(Br)ccc2F)C1. The van der Waals surface area contributed by atoms with Gasteiger partial charge in [-0.1, -0.05) is 15.9 Å². The van der Waals surface area contributed by atoms with Gasteiger partial charge in [-0.15, -0.1) is 0 Å². The molecule has 0 aliphatic carbocycles. The van der Waals surface area contributed by atoms with Crippen molar-refractivity contribution in [2.75, 3.05) is 13.1 Å². The van der Waals surface area contributed by atoms with Crippen molar-refractivity contribution in [2.45, 2.75) is 12.8 Å². The number of hydrogen-bond donors (Lipinski definition) is 1. The molecule has 0 saturated carbocycles. The number of nitrogens with zero attached hydrogens (tertiary/aromatic N) is 1. The van der Waals surface area contributed by atoms with E-state index in [9.17, 15) is 14.0 Å². The van der Waals surface area contributed by atoms with E-state index in [1.807, 2.05) is 0 Å². The van der Waals surface area contributed by atoms with Gasteiger partial charge in [0.15, 0.2) is 0 Å². The fourth-order valence-electron chi connectivity index (χ4n) is 2.19. The Morgan fingerprint density at radius 2 is 2.16 bits per heavy atom. The number of carboxylic acids is 1. The minimum absolute atomic E-state index is 0.0274. The predicted octanol–water partition coefficient (Wildman–Crippen LogP) is 2.53. The van der Waals surface area contributed by atoms with Crippen molar-refractivity contribution in [3.05, 3.63) is 34.1 Å². The smallest absolute Gasteiger partial charge is 0.308 e. The highest BCUT2D eigenvalue weighted by atomic mass is 79.9. The van der Waals surface area contributed by atoms with E-state index in [-0.39, 0.29) is 12.1 Å². The number of carbonyl (C=O) groups excluding carboxylic acids is 1. The Morgan fingerprint density at radius 3 is 2.84 bits per heavy atom. The summed E-state index contributed by atoms with van der Waals surface area (Å²) in [5.74, 6) is -2.52. The zero-order valence-electron chi connectivity index (χ0n) is 10.1. The standard InChI is InChI=1S/C13H13BrFNO3/c14-9-3-4-11(15)10(6-9)12(17)16-5-1-2-8(7-16)13(18)19/h3-4,6,8H,1-2,5,7H2,(H,18,19)/t8-/m0/s1. The molecule has 19 heavy (non-hydrogen) atoms. The third-order valence-corrected chi connectivity index (χ3v) is 3.71. The lowest BCUT2D eigenvalue weighted by molar-refractivity contribution is -0.143. The molecule has 1 heterocycles. The van der Waals surface area contributed by atoms with Crippen LogP contribution < -0.4 is 0 Å². The minimum atomic E-state index is -0.910. The van der Waals surface area contributed by atoms with Gasteiger partial charge >= 0.3 is 5.97 Å². The van der Waals surface area contributed by atoms with E-state index in [0.717, 1.165) is 0 Å². The molecule has 1 aliphatic rings. The highest BCUT2D eigenvalue weighted by molar-refractivity contribution is 9.10. The molecule has 4 nitrogen and oxygen atoms in total. The van der Waals surface area contributed by atoms with E-state index in [0.29, 0.717) is 23.9 Å². The summed E-state index contributed by atoms with van der Waals surface area (Å²) >= 11 is 3.19. The zero-order valence-corrected chi connectivity index (χ0v) is 11.7. The summed E-state index contributed by atoms with van der Waals surface area (Å²) in [5.41, 5.74) is -0.0274. The number of likely N-dealkylation sites (tertiary alicyclic amines) is 1. The Balaban J connectivity index is 2.19. The van der Waals surface area contributed by atoms with Crippen LogP contribution in [0.15, 0.2) is 22.7 Å². The Bertz CT molecular complexity index is 521. The maximum absolute atomic E-state index is 13.6. The maximum atomic E-state index is 13.6. The lowest BCUT2D eigenvalue weighted by atomic mass is 9.97. The van der Waals surface area contributed by atoms with Crippen molar-refractivity contribution in [1.29, 1.82) is 0 Å². The number of aliphatic carboxylic acids is 1. The first-order chi connectivity index (χ1) is 8.99. The summed E-state index contributed by atoms with van der Waals surface area (Å²) < 4.78 is 14.3. The minimum Gasteiger partial charge on any atom is -0.481 e. The molecule has 1 amide bonds. The van der Waals surface area contributed by atoms with Gasteiger partial charge in [0.25, 0.3) is 5.91 Å². The van der Waals surface area contributed by atoms with Gasteiger partial charge in [0.1, 0.15) is 5.82 Å². The lowest BCUT2D eigenvalue weighted by Crippen LogP contribution is -2.42. The first-order valence-corrected chi connectivity index (χ1v) is 6.75. The summed E-state index contributed by atoms with van der Waals surface area (Å²) in [6, 6.07) is 4.15. The Hall–Kier alpha value is -1.43. The van der Waals surface area contributed by atoms with Crippen LogP contribution in [0.25, 0.3) is 0 Å². The number of benzene rings is 1. The number of piperidine rings is 1. The van der Waals surface area contributed by atoms with Gasteiger partial charge < -0.3 is 10.0 Å². The largest absolute Gasteiger partial charge is 0.481 e. The van der Waals surface area contributed by atoms with Crippen molar-refractivity contribution in [1.82, 2.24) is 4.90 Å².